The molecule has 4 heteroatoms. The number of nitrogens with zero attached hydrogens (tertiary/aromatic N) is 3. The molecule has 0 unspecified atom stereocenters. The molecule has 47 heavy (non-hydrogen) atoms. The van der Waals surface area contributed by atoms with Crippen LogP contribution in [-0.2, 0) is 17.9 Å². The van der Waals surface area contributed by atoms with Crippen molar-refractivity contribution in [1.82, 2.24) is 19.5 Å². The van der Waals surface area contributed by atoms with Crippen molar-refractivity contribution in [1.29, 1.82) is 0 Å². The first kappa shape index (κ1) is 29.2. The molecule has 0 amide bonds. The number of imidazole rings is 1. The molecule has 0 atom stereocenters. The summed E-state index contributed by atoms with van der Waals surface area (Å²) in [6, 6.07) is 37.3. The van der Waals surface area contributed by atoms with Crippen LogP contribution in [0, 0.1) is 0 Å². The van der Waals surface area contributed by atoms with Crippen LogP contribution in [0.4, 0.5) is 0 Å². The van der Waals surface area contributed by atoms with Crippen molar-refractivity contribution < 1.29 is 0 Å². The third-order valence-electron chi connectivity index (χ3n) is 9.69. The molecule has 1 N–H and O–H groups in total. The largest absolute Gasteiger partial charge is 0.354 e. The quantitative estimate of drug-likeness (QED) is 0.216. The van der Waals surface area contributed by atoms with Crippen LogP contribution in [0.1, 0.15) is 52.7 Å². The molecule has 4 nitrogen and oxygen atoms in total. The molecular weight excluding hydrogens is 573 g/mol. The van der Waals surface area contributed by atoms with Gasteiger partial charge in [0.25, 0.3) is 0 Å². The molecule has 5 aromatic carbocycles. The summed E-state index contributed by atoms with van der Waals surface area (Å²) in [7, 11) is 2.14. The van der Waals surface area contributed by atoms with Crippen LogP contribution in [-0.4, -0.2) is 19.5 Å². The van der Waals surface area contributed by atoms with E-state index >= 15 is 0 Å². The van der Waals surface area contributed by atoms with Crippen molar-refractivity contribution in [2.45, 2.75) is 52.4 Å². The molecule has 0 saturated heterocycles. The summed E-state index contributed by atoms with van der Waals surface area (Å²) >= 11 is 0. The number of H-pyrrole nitrogens is 1. The first-order valence-corrected chi connectivity index (χ1v) is 16.5. The van der Waals surface area contributed by atoms with Gasteiger partial charge in [0.05, 0.1) is 22.2 Å². The number of nitrogens with one attached hydrogen (secondary N) is 1. The Morgan fingerprint density at radius 1 is 0.617 bits per heavy atom. The van der Waals surface area contributed by atoms with E-state index in [0.29, 0.717) is 0 Å². The Kier molecular flexibility index (Phi) is 6.46. The second-order valence-corrected chi connectivity index (χ2v) is 15.0. The fraction of sp³-hybridized carbons (Fsp3) is 0.209. The molecule has 232 valence electrons. The highest BCUT2D eigenvalue weighted by molar-refractivity contribution is 6.12. The number of fused-ring (bicyclic) bond motifs is 5. The van der Waals surface area contributed by atoms with Crippen LogP contribution < -0.4 is 0 Å². The normalized spacial score (nSPS) is 12.6. The minimum absolute atomic E-state index is 0.0266. The lowest BCUT2D eigenvalue weighted by Gasteiger charge is -2.21. The maximum Gasteiger partial charge on any atom is 0.143 e. The van der Waals surface area contributed by atoms with Crippen LogP contribution >= 0.6 is 0 Å². The predicted octanol–water partition coefficient (Wildman–Crippen LogP) is 11.4. The van der Waals surface area contributed by atoms with Gasteiger partial charge in [-0.25, -0.2) is 4.98 Å². The van der Waals surface area contributed by atoms with E-state index in [1.54, 1.807) is 0 Å². The molecule has 0 aliphatic carbocycles. The maximum absolute atomic E-state index is 5.43. The van der Waals surface area contributed by atoms with Crippen LogP contribution in [0.5, 0.6) is 0 Å². The lowest BCUT2D eigenvalue weighted by molar-refractivity contribution is 0.590. The van der Waals surface area contributed by atoms with Gasteiger partial charge in [-0.15, -0.1) is 0 Å². The Morgan fingerprint density at radius 2 is 1.34 bits per heavy atom. The number of para-hydroxylation sites is 1. The lowest BCUT2D eigenvalue weighted by Crippen LogP contribution is -2.11. The van der Waals surface area contributed by atoms with Gasteiger partial charge >= 0.3 is 0 Å². The van der Waals surface area contributed by atoms with Gasteiger partial charge in [0.15, 0.2) is 0 Å². The highest BCUT2D eigenvalue weighted by atomic mass is 15.1. The third kappa shape index (κ3) is 4.91. The van der Waals surface area contributed by atoms with Crippen LogP contribution in [0.3, 0.4) is 0 Å². The van der Waals surface area contributed by atoms with Gasteiger partial charge in [-0.1, -0.05) is 102 Å². The van der Waals surface area contributed by atoms with E-state index in [1.807, 2.05) is 6.20 Å². The van der Waals surface area contributed by atoms with Crippen LogP contribution in [0.2, 0.25) is 0 Å². The fourth-order valence-electron chi connectivity index (χ4n) is 6.85. The molecule has 0 bridgehead atoms. The van der Waals surface area contributed by atoms with Gasteiger partial charge in [-0.3, -0.25) is 4.98 Å². The molecule has 0 saturated carbocycles. The molecule has 0 aliphatic rings. The monoisotopic (exact) mass is 612 g/mol. The number of hydrogen-bond donors (Lipinski definition) is 1. The number of rotatable bonds is 3. The fourth-order valence-corrected chi connectivity index (χ4v) is 6.85. The minimum atomic E-state index is -0.0266. The summed E-state index contributed by atoms with van der Waals surface area (Å²) in [6.45, 7) is 13.7. The van der Waals surface area contributed by atoms with Crippen molar-refractivity contribution in [3.8, 4) is 33.8 Å². The predicted molar refractivity (Wildman–Crippen MR) is 199 cm³/mol. The topological polar surface area (TPSA) is 46.5 Å². The van der Waals surface area contributed by atoms with Crippen molar-refractivity contribution in [3.05, 3.63) is 120 Å². The van der Waals surface area contributed by atoms with Crippen molar-refractivity contribution in [3.63, 3.8) is 0 Å². The van der Waals surface area contributed by atoms with E-state index in [0.717, 1.165) is 61.2 Å². The first-order valence-electron chi connectivity index (χ1n) is 16.5. The summed E-state index contributed by atoms with van der Waals surface area (Å²) in [5.74, 6) is 0.957. The van der Waals surface area contributed by atoms with E-state index in [1.165, 1.54) is 27.3 Å². The lowest BCUT2D eigenvalue weighted by atomic mass is 9.84. The first-order chi connectivity index (χ1) is 22.5. The average molecular weight is 613 g/mol. The maximum atomic E-state index is 5.43. The number of aryl methyl sites for hydroxylation is 1. The zero-order chi connectivity index (χ0) is 32.7. The highest BCUT2D eigenvalue weighted by Gasteiger charge is 2.23. The van der Waals surface area contributed by atoms with Gasteiger partial charge in [0.1, 0.15) is 5.82 Å². The molecule has 3 aromatic heterocycles. The Balaban J connectivity index is 1.32. The van der Waals surface area contributed by atoms with Crippen molar-refractivity contribution >= 4 is 43.6 Å². The number of aromatic nitrogens is 4. The number of benzene rings is 5. The van der Waals surface area contributed by atoms with E-state index < -0.39 is 0 Å². The second-order valence-electron chi connectivity index (χ2n) is 15.0. The molecule has 0 spiro atoms. The highest BCUT2D eigenvalue weighted by Crippen LogP contribution is 2.41. The molecule has 0 aliphatic heterocycles. The second kappa shape index (κ2) is 10.4. The molecular formula is C43H40N4. The number of hydrogen-bond acceptors (Lipinski definition) is 2. The minimum Gasteiger partial charge on any atom is -0.354 e. The van der Waals surface area contributed by atoms with Crippen molar-refractivity contribution in [2.75, 3.05) is 0 Å². The molecule has 0 radical (unpaired) electrons. The van der Waals surface area contributed by atoms with Gasteiger partial charge in [0, 0.05) is 51.6 Å². The van der Waals surface area contributed by atoms with Crippen LogP contribution in [0.15, 0.2) is 109 Å². The van der Waals surface area contributed by atoms with Gasteiger partial charge in [-0.2, -0.15) is 0 Å². The Labute approximate surface area is 276 Å². The van der Waals surface area contributed by atoms with E-state index in [4.69, 9.17) is 9.97 Å². The van der Waals surface area contributed by atoms with Crippen molar-refractivity contribution in [2.24, 2.45) is 7.05 Å². The van der Waals surface area contributed by atoms with Crippen LogP contribution in [0.25, 0.3) is 77.4 Å². The van der Waals surface area contributed by atoms with E-state index in [2.05, 4.69) is 161 Å². The van der Waals surface area contributed by atoms with E-state index in [9.17, 15) is 0 Å². The standard InChI is InChI=1S/C43H40N4/c1-42(2,3)30-18-19-36-33(22-30)34-23-31(43(4,5)6)24-35(39(34)45-36)41-46-40-32(16-11-17-38(40)47(41)7)27-14-10-15-28(20-27)37-21-26-12-8-9-13-29(26)25-44-37/h8-25,45H,1-7H3. The zero-order valence-corrected chi connectivity index (χ0v) is 28.2. The van der Waals surface area contributed by atoms with Gasteiger partial charge in [-0.05, 0) is 75.4 Å². The number of aromatic amines is 1. The molecule has 0 fully saturated rings. The third-order valence-corrected chi connectivity index (χ3v) is 9.69. The summed E-state index contributed by atoms with van der Waals surface area (Å²) in [5, 5.41) is 4.84. The summed E-state index contributed by atoms with van der Waals surface area (Å²) < 4.78 is 2.25. The Bertz CT molecular complexity index is 2500. The Hall–Kier alpha value is -5.22. The van der Waals surface area contributed by atoms with Gasteiger partial charge < -0.3 is 9.55 Å². The van der Waals surface area contributed by atoms with E-state index in [-0.39, 0.29) is 10.8 Å². The zero-order valence-electron chi connectivity index (χ0n) is 28.2. The number of pyridine rings is 1. The van der Waals surface area contributed by atoms with Gasteiger partial charge in [0.2, 0.25) is 0 Å². The SMILES string of the molecule is Cn1c(-c2cc(C(C)(C)C)cc3c2[nH]c2ccc(C(C)(C)C)cc23)nc2c(-c3cccc(-c4cc5ccccc5cn4)c3)cccc21. The summed E-state index contributed by atoms with van der Waals surface area (Å²) in [4.78, 5) is 14.0. The molecule has 3 heterocycles. The Morgan fingerprint density at radius 3 is 2.13 bits per heavy atom. The summed E-state index contributed by atoms with van der Waals surface area (Å²) in [6.07, 6.45) is 1.96. The molecule has 8 rings (SSSR count). The average Bonchev–Trinajstić information content (AvgIpc) is 3.60. The summed E-state index contributed by atoms with van der Waals surface area (Å²) in [5.41, 5.74) is 12.5. The molecule has 8 aromatic rings. The smallest absolute Gasteiger partial charge is 0.143 e.